The van der Waals surface area contributed by atoms with E-state index in [1.54, 1.807) is 13.2 Å². The van der Waals surface area contributed by atoms with Crippen molar-refractivity contribution in [2.45, 2.75) is 12.8 Å². The van der Waals surface area contributed by atoms with Gasteiger partial charge >= 0.3 is 0 Å². The van der Waals surface area contributed by atoms with Crippen LogP contribution in [0.4, 0.5) is 5.69 Å². The minimum atomic E-state index is -0.235. The monoisotopic (exact) mass is 326 g/mol. The van der Waals surface area contributed by atoms with Crippen molar-refractivity contribution in [2.24, 2.45) is 13.0 Å². The van der Waals surface area contributed by atoms with Crippen LogP contribution in [0, 0.1) is 5.92 Å². The summed E-state index contributed by atoms with van der Waals surface area (Å²) in [6.45, 7) is 6.65. The molecule has 0 N–H and O–H groups in total. The molecule has 2 saturated heterocycles. The summed E-state index contributed by atoms with van der Waals surface area (Å²) in [5.74, 6) is 0.662. The van der Waals surface area contributed by atoms with Gasteiger partial charge < -0.3 is 9.64 Å². The van der Waals surface area contributed by atoms with Crippen molar-refractivity contribution in [3.05, 3.63) is 21.6 Å². The average Bonchev–Trinajstić information content (AvgIpc) is 2.55. The Bertz CT molecular complexity index is 563. The Morgan fingerprint density at radius 1 is 1.36 bits per heavy atom. The molecule has 122 valence electrons. The quantitative estimate of drug-likeness (QED) is 0.829. The summed E-state index contributed by atoms with van der Waals surface area (Å²) in [6.07, 6.45) is 4.14. The van der Waals surface area contributed by atoms with Gasteiger partial charge in [0.2, 0.25) is 0 Å². The van der Waals surface area contributed by atoms with Crippen LogP contribution in [-0.4, -0.2) is 60.6 Å². The van der Waals surface area contributed by atoms with E-state index in [0.29, 0.717) is 5.92 Å². The van der Waals surface area contributed by atoms with Gasteiger partial charge in [-0.2, -0.15) is 5.10 Å². The molecular weight excluding hydrogens is 304 g/mol. The first kappa shape index (κ1) is 15.8. The SMILES string of the molecule is Cn1ncc(N2CCN(CC3CCCOC3)CC2)c(Cl)c1=O. The van der Waals surface area contributed by atoms with Crippen molar-refractivity contribution in [2.75, 3.05) is 50.8 Å². The van der Waals surface area contributed by atoms with Gasteiger partial charge in [-0.05, 0) is 18.8 Å². The molecule has 0 aliphatic carbocycles. The Kier molecular flexibility index (Phi) is 5.00. The summed E-state index contributed by atoms with van der Waals surface area (Å²) < 4.78 is 6.82. The van der Waals surface area contributed by atoms with E-state index in [1.807, 2.05) is 0 Å². The predicted octanol–water partition coefficient (Wildman–Crippen LogP) is 0.982. The highest BCUT2D eigenvalue weighted by atomic mass is 35.5. The van der Waals surface area contributed by atoms with E-state index < -0.39 is 0 Å². The fourth-order valence-corrected chi connectivity index (χ4v) is 3.50. The van der Waals surface area contributed by atoms with E-state index in [0.717, 1.165) is 51.6 Å². The van der Waals surface area contributed by atoms with Gasteiger partial charge in [-0.25, -0.2) is 4.68 Å². The third kappa shape index (κ3) is 3.45. The highest BCUT2D eigenvalue weighted by Crippen LogP contribution is 2.23. The van der Waals surface area contributed by atoms with Crippen LogP contribution in [0.5, 0.6) is 0 Å². The zero-order valence-corrected chi connectivity index (χ0v) is 13.8. The highest BCUT2D eigenvalue weighted by molar-refractivity contribution is 6.33. The molecule has 7 heteroatoms. The van der Waals surface area contributed by atoms with E-state index in [1.165, 1.54) is 17.5 Å². The summed E-state index contributed by atoms with van der Waals surface area (Å²) in [4.78, 5) is 16.5. The number of rotatable bonds is 3. The second-order valence-electron chi connectivity index (χ2n) is 6.14. The molecule has 0 saturated carbocycles. The van der Waals surface area contributed by atoms with Crippen molar-refractivity contribution in [3.63, 3.8) is 0 Å². The van der Waals surface area contributed by atoms with Gasteiger partial charge in [-0.3, -0.25) is 9.69 Å². The standard InChI is InChI=1S/C15H23ClN4O2/c1-18-15(21)14(16)13(9-17-18)20-6-4-19(5-7-20)10-12-3-2-8-22-11-12/h9,12H,2-8,10-11H2,1H3. The lowest BCUT2D eigenvalue weighted by Gasteiger charge is -2.38. The summed E-state index contributed by atoms with van der Waals surface area (Å²) in [6, 6.07) is 0. The van der Waals surface area contributed by atoms with Crippen LogP contribution in [0.3, 0.4) is 0 Å². The summed E-state index contributed by atoms with van der Waals surface area (Å²) >= 11 is 6.18. The number of aromatic nitrogens is 2. The van der Waals surface area contributed by atoms with Crippen molar-refractivity contribution in [1.29, 1.82) is 0 Å². The van der Waals surface area contributed by atoms with Crippen LogP contribution in [0.25, 0.3) is 0 Å². The number of ether oxygens (including phenoxy) is 1. The molecule has 0 aromatic carbocycles. The van der Waals surface area contributed by atoms with Crippen LogP contribution in [0.15, 0.2) is 11.0 Å². The molecule has 2 aliphatic heterocycles. The van der Waals surface area contributed by atoms with Gasteiger partial charge in [0.1, 0.15) is 5.02 Å². The van der Waals surface area contributed by atoms with E-state index >= 15 is 0 Å². The first-order valence-corrected chi connectivity index (χ1v) is 8.30. The maximum Gasteiger partial charge on any atom is 0.287 e. The van der Waals surface area contributed by atoms with Crippen LogP contribution in [0.2, 0.25) is 5.02 Å². The Labute approximate surface area is 135 Å². The molecule has 0 amide bonds. The van der Waals surface area contributed by atoms with Crippen molar-refractivity contribution in [1.82, 2.24) is 14.7 Å². The first-order valence-electron chi connectivity index (χ1n) is 7.92. The van der Waals surface area contributed by atoms with Crippen LogP contribution < -0.4 is 10.5 Å². The van der Waals surface area contributed by atoms with E-state index in [2.05, 4.69) is 14.9 Å². The molecule has 3 heterocycles. The minimum absolute atomic E-state index is 0.235. The molecule has 6 nitrogen and oxygen atoms in total. The Morgan fingerprint density at radius 3 is 2.82 bits per heavy atom. The van der Waals surface area contributed by atoms with Crippen molar-refractivity contribution >= 4 is 17.3 Å². The Hall–Kier alpha value is -1.11. The Morgan fingerprint density at radius 2 is 2.14 bits per heavy atom. The fraction of sp³-hybridized carbons (Fsp3) is 0.733. The van der Waals surface area contributed by atoms with Crippen LogP contribution >= 0.6 is 11.6 Å². The molecular formula is C15H23ClN4O2. The summed E-state index contributed by atoms with van der Waals surface area (Å²) in [5, 5.41) is 4.35. The molecule has 1 aromatic heterocycles. The molecule has 22 heavy (non-hydrogen) atoms. The maximum atomic E-state index is 11.9. The van der Waals surface area contributed by atoms with Gasteiger partial charge in [0, 0.05) is 46.4 Å². The van der Waals surface area contributed by atoms with Gasteiger partial charge in [0.25, 0.3) is 5.56 Å². The topological polar surface area (TPSA) is 50.6 Å². The smallest absolute Gasteiger partial charge is 0.287 e. The van der Waals surface area contributed by atoms with Gasteiger partial charge in [0.05, 0.1) is 18.5 Å². The molecule has 1 aromatic rings. The highest BCUT2D eigenvalue weighted by Gasteiger charge is 2.23. The minimum Gasteiger partial charge on any atom is -0.381 e. The number of aryl methyl sites for hydroxylation is 1. The number of nitrogens with zero attached hydrogens (tertiary/aromatic N) is 4. The molecule has 2 aliphatic rings. The molecule has 2 fully saturated rings. The molecule has 0 bridgehead atoms. The number of anilines is 1. The molecule has 0 spiro atoms. The third-order valence-electron chi connectivity index (χ3n) is 4.54. The average molecular weight is 327 g/mol. The predicted molar refractivity (Wildman–Crippen MR) is 86.7 cm³/mol. The number of piperazine rings is 1. The van der Waals surface area contributed by atoms with E-state index in [9.17, 15) is 4.79 Å². The second-order valence-corrected chi connectivity index (χ2v) is 6.52. The molecule has 1 unspecified atom stereocenters. The Balaban J connectivity index is 1.57. The fourth-order valence-electron chi connectivity index (χ4n) is 3.21. The van der Waals surface area contributed by atoms with Crippen LogP contribution in [0.1, 0.15) is 12.8 Å². The van der Waals surface area contributed by atoms with Gasteiger partial charge in [-0.1, -0.05) is 11.6 Å². The molecule has 1 atom stereocenters. The van der Waals surface area contributed by atoms with Gasteiger partial charge in [-0.15, -0.1) is 0 Å². The zero-order chi connectivity index (χ0) is 15.5. The lowest BCUT2D eigenvalue weighted by Crippen LogP contribution is -2.49. The normalized spacial score (nSPS) is 23.7. The number of halogens is 1. The number of hydrogen-bond acceptors (Lipinski definition) is 5. The lowest BCUT2D eigenvalue weighted by molar-refractivity contribution is 0.0377. The second kappa shape index (κ2) is 6.98. The van der Waals surface area contributed by atoms with Crippen molar-refractivity contribution < 1.29 is 4.74 Å². The lowest BCUT2D eigenvalue weighted by atomic mass is 10.0. The first-order chi connectivity index (χ1) is 10.6. The molecule has 0 radical (unpaired) electrons. The maximum absolute atomic E-state index is 11.9. The summed E-state index contributed by atoms with van der Waals surface area (Å²) in [7, 11) is 1.61. The zero-order valence-electron chi connectivity index (χ0n) is 13.0. The largest absolute Gasteiger partial charge is 0.381 e. The molecule has 3 rings (SSSR count). The van der Waals surface area contributed by atoms with E-state index in [-0.39, 0.29) is 10.6 Å². The number of hydrogen-bond donors (Lipinski definition) is 0. The third-order valence-corrected chi connectivity index (χ3v) is 4.90. The summed E-state index contributed by atoms with van der Waals surface area (Å²) in [5.41, 5.74) is 0.520. The van der Waals surface area contributed by atoms with E-state index in [4.69, 9.17) is 16.3 Å². The van der Waals surface area contributed by atoms with Crippen LogP contribution in [-0.2, 0) is 11.8 Å². The van der Waals surface area contributed by atoms with Crippen molar-refractivity contribution in [3.8, 4) is 0 Å². The van der Waals surface area contributed by atoms with Gasteiger partial charge in [0.15, 0.2) is 0 Å².